The summed E-state index contributed by atoms with van der Waals surface area (Å²) in [6, 6.07) is 19.0. The Hall–Kier alpha value is -2.55. The molecular weight excluding hydrogens is 459 g/mol. The van der Waals surface area contributed by atoms with Crippen LogP contribution >= 0.6 is 15.9 Å². The summed E-state index contributed by atoms with van der Waals surface area (Å²) in [6.07, 6.45) is 0. The van der Waals surface area contributed by atoms with Gasteiger partial charge in [0.25, 0.3) is 5.91 Å². The molecule has 3 aromatic carbocycles. The summed E-state index contributed by atoms with van der Waals surface area (Å²) in [4.78, 5) is 12.5. The fraction of sp³-hybridized carbons (Fsp3) is 0.0952. The molecule has 0 aliphatic heterocycles. The highest BCUT2D eigenvalue weighted by Crippen LogP contribution is 2.22. The third kappa shape index (κ3) is 5.09. The van der Waals surface area contributed by atoms with Crippen LogP contribution in [0.1, 0.15) is 15.9 Å². The van der Waals surface area contributed by atoms with Gasteiger partial charge in [-0.15, -0.1) is 0 Å². The number of benzene rings is 3. The van der Waals surface area contributed by atoms with E-state index in [9.17, 15) is 17.6 Å². The summed E-state index contributed by atoms with van der Waals surface area (Å²) in [5, 5.41) is 2.67. The third-order valence-electron chi connectivity index (χ3n) is 4.24. The quantitative estimate of drug-likeness (QED) is 0.562. The molecule has 0 atom stereocenters. The van der Waals surface area contributed by atoms with E-state index in [0.29, 0.717) is 10.2 Å². The van der Waals surface area contributed by atoms with E-state index in [0.717, 1.165) is 5.56 Å². The van der Waals surface area contributed by atoms with Crippen molar-refractivity contribution in [3.8, 4) is 0 Å². The fourth-order valence-corrected chi connectivity index (χ4v) is 4.38. The van der Waals surface area contributed by atoms with E-state index in [2.05, 4.69) is 21.2 Å². The lowest BCUT2D eigenvalue weighted by Gasteiger charge is -2.17. The van der Waals surface area contributed by atoms with E-state index in [4.69, 9.17) is 0 Å². The minimum atomic E-state index is -3.67. The molecule has 1 N–H and O–H groups in total. The number of sulfonamides is 1. The zero-order chi connectivity index (χ0) is 21.0. The minimum absolute atomic E-state index is 0.122. The van der Waals surface area contributed by atoms with Gasteiger partial charge in [0, 0.05) is 23.8 Å². The molecule has 3 aromatic rings. The number of hydrogen-bond donors (Lipinski definition) is 1. The van der Waals surface area contributed by atoms with Gasteiger partial charge in [-0.2, -0.15) is 4.31 Å². The maximum atomic E-state index is 13.2. The topological polar surface area (TPSA) is 66.5 Å². The monoisotopic (exact) mass is 476 g/mol. The van der Waals surface area contributed by atoms with Gasteiger partial charge in [-0.05, 0) is 64.0 Å². The molecule has 0 fully saturated rings. The Morgan fingerprint density at radius 2 is 1.69 bits per heavy atom. The molecule has 0 bridgehead atoms. The van der Waals surface area contributed by atoms with E-state index in [-0.39, 0.29) is 17.0 Å². The Balaban J connectivity index is 1.72. The highest BCUT2D eigenvalue weighted by atomic mass is 79.9. The molecule has 0 aliphatic carbocycles. The number of rotatable bonds is 6. The third-order valence-corrected chi connectivity index (χ3v) is 6.72. The summed E-state index contributed by atoms with van der Waals surface area (Å²) in [7, 11) is -2.16. The van der Waals surface area contributed by atoms with Crippen molar-refractivity contribution in [3.05, 3.63) is 94.2 Å². The van der Waals surface area contributed by atoms with Crippen LogP contribution in [0.25, 0.3) is 0 Å². The van der Waals surface area contributed by atoms with Crippen molar-refractivity contribution in [1.82, 2.24) is 4.31 Å². The van der Waals surface area contributed by atoms with Gasteiger partial charge in [0.05, 0.1) is 10.5 Å². The zero-order valence-electron chi connectivity index (χ0n) is 15.5. The zero-order valence-corrected chi connectivity index (χ0v) is 17.9. The highest BCUT2D eigenvalue weighted by molar-refractivity contribution is 9.10. The second-order valence-corrected chi connectivity index (χ2v) is 9.25. The van der Waals surface area contributed by atoms with E-state index in [1.807, 2.05) is 30.3 Å². The van der Waals surface area contributed by atoms with Gasteiger partial charge in [0.1, 0.15) is 5.82 Å². The van der Waals surface area contributed by atoms with Crippen molar-refractivity contribution in [1.29, 1.82) is 0 Å². The van der Waals surface area contributed by atoms with E-state index >= 15 is 0 Å². The predicted octanol–water partition coefficient (Wildman–Crippen LogP) is 4.66. The first-order chi connectivity index (χ1) is 13.8. The molecule has 0 saturated heterocycles. The average molecular weight is 477 g/mol. The van der Waals surface area contributed by atoms with Crippen molar-refractivity contribution in [2.45, 2.75) is 11.4 Å². The Labute approximate surface area is 177 Å². The number of hydrogen-bond acceptors (Lipinski definition) is 3. The normalized spacial score (nSPS) is 11.4. The maximum Gasteiger partial charge on any atom is 0.256 e. The highest BCUT2D eigenvalue weighted by Gasteiger charge is 2.21. The van der Waals surface area contributed by atoms with Gasteiger partial charge in [0.15, 0.2) is 0 Å². The maximum absolute atomic E-state index is 13.2. The first kappa shape index (κ1) is 21.2. The lowest BCUT2D eigenvalue weighted by molar-refractivity contribution is 0.102. The molecule has 3 rings (SSSR count). The molecule has 0 unspecified atom stereocenters. The number of carbonyl (C=O) groups excluding carboxylic acids is 1. The standard InChI is InChI=1S/C21H18BrFN2O3S/c1-25(14-15-5-3-2-4-6-15)29(27,28)18-10-8-17(9-11-18)24-21(26)19-12-7-16(23)13-20(19)22/h2-13H,14H2,1H3,(H,24,26). The van der Waals surface area contributed by atoms with Crippen molar-refractivity contribution in [2.24, 2.45) is 0 Å². The van der Waals surface area contributed by atoms with Gasteiger partial charge >= 0.3 is 0 Å². The van der Waals surface area contributed by atoms with Crippen LogP contribution < -0.4 is 5.32 Å². The van der Waals surface area contributed by atoms with Crippen molar-refractivity contribution >= 4 is 37.5 Å². The van der Waals surface area contributed by atoms with Crippen LogP contribution in [-0.4, -0.2) is 25.7 Å². The molecule has 0 aromatic heterocycles. The molecule has 29 heavy (non-hydrogen) atoms. The van der Waals surface area contributed by atoms with E-state index in [1.54, 1.807) is 0 Å². The number of carbonyl (C=O) groups is 1. The SMILES string of the molecule is CN(Cc1ccccc1)S(=O)(=O)c1ccc(NC(=O)c2ccc(F)cc2Br)cc1. The second kappa shape index (κ2) is 8.86. The van der Waals surface area contributed by atoms with Gasteiger partial charge < -0.3 is 5.32 Å². The Morgan fingerprint density at radius 1 is 1.03 bits per heavy atom. The lowest BCUT2D eigenvalue weighted by atomic mass is 10.2. The molecule has 0 heterocycles. The Morgan fingerprint density at radius 3 is 2.31 bits per heavy atom. The van der Waals surface area contributed by atoms with Crippen LogP contribution in [-0.2, 0) is 16.6 Å². The minimum Gasteiger partial charge on any atom is -0.322 e. The van der Waals surface area contributed by atoms with Crippen LogP contribution in [0.3, 0.4) is 0 Å². The van der Waals surface area contributed by atoms with Gasteiger partial charge in [-0.1, -0.05) is 30.3 Å². The van der Waals surface area contributed by atoms with Crippen LogP contribution in [0.2, 0.25) is 0 Å². The molecular formula is C21H18BrFN2O3S. The summed E-state index contributed by atoms with van der Waals surface area (Å²) in [5.41, 5.74) is 1.58. The van der Waals surface area contributed by atoms with Crippen molar-refractivity contribution in [3.63, 3.8) is 0 Å². The predicted molar refractivity (Wildman–Crippen MR) is 114 cm³/mol. The fourth-order valence-electron chi connectivity index (χ4n) is 2.69. The number of anilines is 1. The first-order valence-corrected chi connectivity index (χ1v) is 10.9. The summed E-state index contributed by atoms with van der Waals surface area (Å²) < 4.78 is 40.3. The summed E-state index contributed by atoms with van der Waals surface area (Å²) in [5.74, 6) is -0.892. The summed E-state index contributed by atoms with van der Waals surface area (Å²) in [6.45, 7) is 0.250. The van der Waals surface area contributed by atoms with E-state index < -0.39 is 21.7 Å². The van der Waals surface area contributed by atoms with Gasteiger partial charge in [-0.25, -0.2) is 12.8 Å². The Kier molecular flexibility index (Phi) is 6.46. The molecule has 5 nitrogen and oxygen atoms in total. The molecule has 0 aliphatic rings. The summed E-state index contributed by atoms with van der Waals surface area (Å²) >= 11 is 3.16. The smallest absolute Gasteiger partial charge is 0.256 e. The van der Waals surface area contributed by atoms with Gasteiger partial charge in [-0.3, -0.25) is 4.79 Å². The average Bonchev–Trinajstić information content (AvgIpc) is 2.69. The van der Waals surface area contributed by atoms with Crippen LogP contribution in [0.5, 0.6) is 0 Å². The van der Waals surface area contributed by atoms with Crippen LogP contribution in [0.4, 0.5) is 10.1 Å². The van der Waals surface area contributed by atoms with Crippen molar-refractivity contribution < 1.29 is 17.6 Å². The molecule has 0 saturated carbocycles. The Bertz CT molecular complexity index is 1120. The van der Waals surface area contributed by atoms with E-state index in [1.165, 1.54) is 53.8 Å². The van der Waals surface area contributed by atoms with Crippen molar-refractivity contribution in [2.75, 3.05) is 12.4 Å². The second-order valence-electron chi connectivity index (χ2n) is 6.35. The lowest BCUT2D eigenvalue weighted by Crippen LogP contribution is -2.26. The number of halogens is 2. The first-order valence-electron chi connectivity index (χ1n) is 8.64. The number of nitrogens with one attached hydrogen (secondary N) is 1. The number of nitrogens with zero attached hydrogens (tertiary/aromatic N) is 1. The largest absolute Gasteiger partial charge is 0.322 e. The molecule has 0 spiro atoms. The number of amides is 1. The van der Waals surface area contributed by atoms with Gasteiger partial charge in [0.2, 0.25) is 10.0 Å². The molecule has 8 heteroatoms. The van der Waals surface area contributed by atoms with Crippen LogP contribution in [0.15, 0.2) is 82.2 Å². The molecule has 0 radical (unpaired) electrons. The molecule has 1 amide bonds. The molecule has 150 valence electrons. The van der Waals surface area contributed by atoms with Crippen LogP contribution in [0, 0.1) is 5.82 Å².